The highest BCUT2D eigenvalue weighted by molar-refractivity contribution is 5.75. The minimum atomic E-state index is -0.220. The van der Waals surface area contributed by atoms with Gasteiger partial charge in [-0.15, -0.1) is 0 Å². The molecule has 0 aromatic heterocycles. The van der Waals surface area contributed by atoms with Crippen LogP contribution in [0.3, 0.4) is 0 Å². The van der Waals surface area contributed by atoms with Crippen LogP contribution >= 0.6 is 0 Å². The van der Waals surface area contributed by atoms with Crippen LogP contribution in [0.1, 0.15) is 30.9 Å². The minimum absolute atomic E-state index is 0.167. The maximum atomic E-state index is 11.4. The van der Waals surface area contributed by atoms with Gasteiger partial charge in [-0.2, -0.15) is 0 Å². The summed E-state index contributed by atoms with van der Waals surface area (Å²) in [7, 11) is 0. The molecule has 17 heavy (non-hydrogen) atoms. The first-order valence-electron chi connectivity index (χ1n) is 6.20. The Morgan fingerprint density at radius 1 is 1.53 bits per heavy atom. The average molecular weight is 233 g/mol. The number of benzene rings is 1. The van der Waals surface area contributed by atoms with Crippen molar-refractivity contribution in [1.29, 1.82) is 0 Å². The van der Waals surface area contributed by atoms with Crippen molar-refractivity contribution in [2.45, 2.75) is 32.2 Å². The van der Waals surface area contributed by atoms with Gasteiger partial charge in [0.25, 0.3) is 0 Å². The predicted octanol–water partition coefficient (Wildman–Crippen LogP) is 1.87. The Kier molecular flexibility index (Phi) is 3.79. The molecule has 92 valence electrons. The quantitative estimate of drug-likeness (QED) is 0.789. The first-order chi connectivity index (χ1) is 8.22. The Bertz CT molecular complexity index is 403. The van der Waals surface area contributed by atoms with Crippen molar-refractivity contribution in [3.05, 3.63) is 35.4 Å². The molecule has 0 amide bonds. The number of nitrogens with one attached hydrogen (secondary N) is 1. The highest BCUT2D eigenvalue weighted by Crippen LogP contribution is 2.33. The molecule has 1 aliphatic carbocycles. The molecule has 0 fully saturated rings. The van der Waals surface area contributed by atoms with Gasteiger partial charge in [0.1, 0.15) is 6.04 Å². The molecule has 0 bridgehead atoms. The molecule has 0 radical (unpaired) electrons. The topological polar surface area (TPSA) is 38.3 Å². The number of hydrogen-bond acceptors (Lipinski definition) is 3. The van der Waals surface area contributed by atoms with Gasteiger partial charge in [-0.05, 0) is 31.4 Å². The summed E-state index contributed by atoms with van der Waals surface area (Å²) >= 11 is 0. The predicted molar refractivity (Wildman–Crippen MR) is 67.0 cm³/mol. The third-order valence-electron chi connectivity index (χ3n) is 3.27. The molecule has 0 aliphatic heterocycles. The SMILES string of the molecule is CCOC(=O)C(C)NCC1Cc2ccccc21. The van der Waals surface area contributed by atoms with Gasteiger partial charge < -0.3 is 10.1 Å². The zero-order valence-corrected chi connectivity index (χ0v) is 10.4. The fraction of sp³-hybridized carbons (Fsp3) is 0.500. The first-order valence-corrected chi connectivity index (χ1v) is 6.20. The van der Waals surface area contributed by atoms with Gasteiger partial charge >= 0.3 is 5.97 Å². The van der Waals surface area contributed by atoms with E-state index in [2.05, 4.69) is 29.6 Å². The van der Waals surface area contributed by atoms with Crippen molar-refractivity contribution < 1.29 is 9.53 Å². The maximum Gasteiger partial charge on any atom is 0.322 e. The van der Waals surface area contributed by atoms with Crippen LogP contribution in [0.15, 0.2) is 24.3 Å². The smallest absolute Gasteiger partial charge is 0.322 e. The highest BCUT2D eigenvalue weighted by Gasteiger charge is 2.26. The molecule has 0 saturated heterocycles. The molecule has 1 aromatic carbocycles. The molecule has 2 unspecified atom stereocenters. The van der Waals surface area contributed by atoms with Gasteiger partial charge in [0, 0.05) is 12.5 Å². The lowest BCUT2D eigenvalue weighted by Gasteiger charge is -2.31. The van der Waals surface area contributed by atoms with Gasteiger partial charge in [-0.25, -0.2) is 0 Å². The molecule has 1 N–H and O–H groups in total. The van der Waals surface area contributed by atoms with E-state index in [1.165, 1.54) is 11.1 Å². The van der Waals surface area contributed by atoms with Crippen LogP contribution in [-0.2, 0) is 16.0 Å². The molecule has 0 saturated carbocycles. The molecular formula is C14H19NO2. The van der Waals surface area contributed by atoms with Gasteiger partial charge in [0.05, 0.1) is 6.61 Å². The van der Waals surface area contributed by atoms with Crippen molar-refractivity contribution in [2.24, 2.45) is 0 Å². The molecular weight excluding hydrogens is 214 g/mol. The van der Waals surface area contributed by atoms with E-state index in [9.17, 15) is 4.79 Å². The first kappa shape index (κ1) is 12.1. The lowest BCUT2D eigenvalue weighted by atomic mass is 9.77. The van der Waals surface area contributed by atoms with Crippen molar-refractivity contribution >= 4 is 5.97 Å². The summed E-state index contributed by atoms with van der Waals surface area (Å²) in [6.45, 7) is 4.96. The maximum absolute atomic E-state index is 11.4. The molecule has 0 heterocycles. The van der Waals surface area contributed by atoms with Crippen molar-refractivity contribution in [3.8, 4) is 0 Å². The normalized spacial score (nSPS) is 19.1. The Morgan fingerprint density at radius 2 is 2.29 bits per heavy atom. The average Bonchev–Trinajstić information content (AvgIpc) is 2.30. The third kappa shape index (κ3) is 2.67. The summed E-state index contributed by atoms with van der Waals surface area (Å²) in [6, 6.07) is 8.26. The van der Waals surface area contributed by atoms with Crippen LogP contribution < -0.4 is 5.32 Å². The lowest BCUT2D eigenvalue weighted by Crippen LogP contribution is -2.39. The van der Waals surface area contributed by atoms with Crippen LogP contribution in [0, 0.1) is 0 Å². The van der Waals surface area contributed by atoms with Crippen LogP contribution in [0.5, 0.6) is 0 Å². The molecule has 3 heteroatoms. The van der Waals surface area contributed by atoms with E-state index in [-0.39, 0.29) is 12.0 Å². The summed E-state index contributed by atoms with van der Waals surface area (Å²) < 4.78 is 4.96. The summed E-state index contributed by atoms with van der Waals surface area (Å²) in [4.78, 5) is 11.4. The van der Waals surface area contributed by atoms with E-state index in [4.69, 9.17) is 4.74 Å². The zero-order chi connectivity index (χ0) is 12.3. The summed E-state index contributed by atoms with van der Waals surface area (Å²) in [5.74, 6) is 0.378. The number of fused-ring (bicyclic) bond motifs is 1. The highest BCUT2D eigenvalue weighted by atomic mass is 16.5. The molecule has 2 rings (SSSR count). The second-order valence-electron chi connectivity index (χ2n) is 4.48. The molecule has 1 aromatic rings. The Hall–Kier alpha value is -1.35. The molecule has 1 aliphatic rings. The Labute approximate surface area is 102 Å². The van der Waals surface area contributed by atoms with Gasteiger partial charge in [-0.3, -0.25) is 4.79 Å². The van der Waals surface area contributed by atoms with Crippen LogP contribution in [-0.4, -0.2) is 25.2 Å². The summed E-state index contributed by atoms with van der Waals surface area (Å²) in [5, 5.41) is 3.24. The standard InChI is InChI=1S/C14H19NO2/c1-3-17-14(16)10(2)15-9-12-8-11-6-4-5-7-13(11)12/h4-7,10,12,15H,3,8-9H2,1-2H3. The lowest BCUT2D eigenvalue weighted by molar-refractivity contribution is -0.145. The van der Waals surface area contributed by atoms with Crippen LogP contribution in [0.25, 0.3) is 0 Å². The molecule has 0 spiro atoms. The van der Waals surface area contributed by atoms with E-state index in [1.54, 1.807) is 0 Å². The van der Waals surface area contributed by atoms with Crippen molar-refractivity contribution in [3.63, 3.8) is 0 Å². The largest absolute Gasteiger partial charge is 0.465 e. The summed E-state index contributed by atoms with van der Waals surface area (Å²) in [6.07, 6.45) is 1.11. The van der Waals surface area contributed by atoms with Gasteiger partial charge in [0.2, 0.25) is 0 Å². The monoisotopic (exact) mass is 233 g/mol. The third-order valence-corrected chi connectivity index (χ3v) is 3.27. The summed E-state index contributed by atoms with van der Waals surface area (Å²) in [5.41, 5.74) is 2.85. The number of ether oxygens (including phenoxy) is 1. The van der Waals surface area contributed by atoms with E-state index in [0.717, 1.165) is 13.0 Å². The van der Waals surface area contributed by atoms with Gasteiger partial charge in [-0.1, -0.05) is 24.3 Å². The zero-order valence-electron chi connectivity index (χ0n) is 10.4. The second-order valence-corrected chi connectivity index (χ2v) is 4.48. The van der Waals surface area contributed by atoms with Crippen LogP contribution in [0.4, 0.5) is 0 Å². The second kappa shape index (κ2) is 5.32. The van der Waals surface area contributed by atoms with E-state index >= 15 is 0 Å². The minimum Gasteiger partial charge on any atom is -0.465 e. The molecule has 3 nitrogen and oxygen atoms in total. The van der Waals surface area contributed by atoms with E-state index in [1.807, 2.05) is 13.8 Å². The Morgan fingerprint density at radius 3 is 3.00 bits per heavy atom. The number of hydrogen-bond donors (Lipinski definition) is 1. The molecule has 2 atom stereocenters. The fourth-order valence-corrected chi connectivity index (χ4v) is 2.21. The van der Waals surface area contributed by atoms with Crippen molar-refractivity contribution in [1.82, 2.24) is 5.32 Å². The van der Waals surface area contributed by atoms with E-state index < -0.39 is 0 Å². The number of carbonyl (C=O) groups excluding carboxylic acids is 1. The van der Waals surface area contributed by atoms with Crippen LogP contribution in [0.2, 0.25) is 0 Å². The van der Waals surface area contributed by atoms with E-state index in [0.29, 0.717) is 12.5 Å². The number of carbonyl (C=O) groups is 1. The fourth-order valence-electron chi connectivity index (χ4n) is 2.21. The number of rotatable bonds is 5. The number of esters is 1. The van der Waals surface area contributed by atoms with Crippen molar-refractivity contribution in [2.75, 3.05) is 13.2 Å². The Balaban J connectivity index is 1.79. The van der Waals surface area contributed by atoms with Gasteiger partial charge in [0.15, 0.2) is 0 Å².